The summed E-state index contributed by atoms with van der Waals surface area (Å²) in [4.78, 5) is 11.5. The fraction of sp³-hybridized carbons (Fsp3) is 0.462. The van der Waals surface area contributed by atoms with Gasteiger partial charge in [-0.25, -0.2) is 0 Å². The predicted octanol–water partition coefficient (Wildman–Crippen LogP) is 1.51. The summed E-state index contributed by atoms with van der Waals surface area (Å²) < 4.78 is 0. The number of benzene rings is 1. The zero-order chi connectivity index (χ0) is 12.5. The standard InChI is InChI=1S/C13H20N2O2/c1-14-10-11-5-4-6-12(9-11)15-13(17)7-2-3-8-16/h4-6,9,14,16H,2-3,7-8,10H2,1H3,(H,15,17). The molecule has 0 atom stereocenters. The first-order valence-electron chi connectivity index (χ1n) is 5.90. The minimum absolute atomic E-state index is 0.0000534. The molecule has 1 amide bonds. The van der Waals surface area contributed by atoms with Crippen LogP contribution in [0.4, 0.5) is 5.69 Å². The quantitative estimate of drug-likeness (QED) is 0.629. The SMILES string of the molecule is CNCc1cccc(NC(=O)CCCCO)c1. The van der Waals surface area contributed by atoms with Gasteiger partial charge in [0.25, 0.3) is 0 Å². The first-order valence-corrected chi connectivity index (χ1v) is 5.90. The van der Waals surface area contributed by atoms with Crippen molar-refractivity contribution in [3.05, 3.63) is 29.8 Å². The van der Waals surface area contributed by atoms with Crippen LogP contribution in [0.1, 0.15) is 24.8 Å². The van der Waals surface area contributed by atoms with Crippen LogP contribution in [0.25, 0.3) is 0 Å². The maximum atomic E-state index is 11.5. The molecule has 0 unspecified atom stereocenters. The van der Waals surface area contributed by atoms with Gasteiger partial charge in [0.2, 0.25) is 5.91 Å². The number of hydrogen-bond donors (Lipinski definition) is 3. The minimum Gasteiger partial charge on any atom is -0.396 e. The Morgan fingerprint density at radius 3 is 2.88 bits per heavy atom. The van der Waals surface area contributed by atoms with E-state index in [1.165, 1.54) is 0 Å². The molecule has 1 aromatic carbocycles. The molecule has 0 radical (unpaired) electrons. The Balaban J connectivity index is 2.44. The van der Waals surface area contributed by atoms with E-state index in [-0.39, 0.29) is 12.5 Å². The molecule has 1 rings (SSSR count). The van der Waals surface area contributed by atoms with Gasteiger partial charge in [0.1, 0.15) is 0 Å². The predicted molar refractivity (Wildman–Crippen MR) is 68.8 cm³/mol. The number of hydrogen-bond acceptors (Lipinski definition) is 3. The van der Waals surface area contributed by atoms with Crippen molar-refractivity contribution in [3.8, 4) is 0 Å². The molecule has 0 bridgehead atoms. The molecule has 3 N–H and O–H groups in total. The van der Waals surface area contributed by atoms with E-state index in [2.05, 4.69) is 10.6 Å². The lowest BCUT2D eigenvalue weighted by molar-refractivity contribution is -0.116. The molecule has 0 saturated heterocycles. The largest absolute Gasteiger partial charge is 0.396 e. The molecule has 0 spiro atoms. The number of aliphatic hydroxyl groups excluding tert-OH is 1. The molecule has 0 saturated carbocycles. The van der Waals surface area contributed by atoms with E-state index in [0.29, 0.717) is 12.8 Å². The van der Waals surface area contributed by atoms with Gasteiger partial charge < -0.3 is 15.7 Å². The van der Waals surface area contributed by atoms with Crippen molar-refractivity contribution >= 4 is 11.6 Å². The normalized spacial score (nSPS) is 10.2. The van der Waals surface area contributed by atoms with Crippen LogP contribution in [0.5, 0.6) is 0 Å². The molecule has 0 fully saturated rings. The topological polar surface area (TPSA) is 61.4 Å². The number of aliphatic hydroxyl groups is 1. The molecule has 94 valence electrons. The van der Waals surface area contributed by atoms with E-state index in [1.807, 2.05) is 31.3 Å². The van der Waals surface area contributed by atoms with Gasteiger partial charge in [-0.3, -0.25) is 4.79 Å². The molecule has 4 heteroatoms. The second-order valence-electron chi connectivity index (χ2n) is 3.96. The van der Waals surface area contributed by atoms with E-state index < -0.39 is 0 Å². The first kappa shape index (κ1) is 13.7. The Morgan fingerprint density at radius 2 is 2.18 bits per heavy atom. The summed E-state index contributed by atoms with van der Waals surface area (Å²) in [7, 11) is 1.89. The third-order valence-corrected chi connectivity index (χ3v) is 2.40. The number of carbonyl (C=O) groups excluding carboxylic acids is 1. The van der Waals surface area contributed by atoms with Crippen LogP contribution in [0, 0.1) is 0 Å². The Bertz CT molecular complexity index is 353. The van der Waals surface area contributed by atoms with E-state index >= 15 is 0 Å². The highest BCUT2D eigenvalue weighted by Gasteiger charge is 2.02. The molecule has 0 aromatic heterocycles. The van der Waals surface area contributed by atoms with E-state index in [1.54, 1.807) is 0 Å². The van der Waals surface area contributed by atoms with Crippen LogP contribution in [-0.2, 0) is 11.3 Å². The Hall–Kier alpha value is -1.39. The van der Waals surface area contributed by atoms with Crippen molar-refractivity contribution in [1.82, 2.24) is 5.32 Å². The second kappa shape index (κ2) is 7.81. The van der Waals surface area contributed by atoms with Gasteiger partial charge in [0.15, 0.2) is 0 Å². The molecule has 4 nitrogen and oxygen atoms in total. The lowest BCUT2D eigenvalue weighted by Crippen LogP contribution is -2.12. The van der Waals surface area contributed by atoms with Crippen molar-refractivity contribution in [2.24, 2.45) is 0 Å². The fourth-order valence-electron chi connectivity index (χ4n) is 1.58. The van der Waals surface area contributed by atoms with Crippen molar-refractivity contribution in [2.45, 2.75) is 25.8 Å². The number of nitrogens with one attached hydrogen (secondary N) is 2. The number of rotatable bonds is 7. The maximum Gasteiger partial charge on any atom is 0.224 e. The molecule has 0 aliphatic rings. The van der Waals surface area contributed by atoms with Gasteiger partial charge >= 0.3 is 0 Å². The number of anilines is 1. The van der Waals surface area contributed by atoms with Gasteiger partial charge in [0.05, 0.1) is 0 Å². The fourth-order valence-corrected chi connectivity index (χ4v) is 1.58. The third kappa shape index (κ3) is 5.47. The molecule has 17 heavy (non-hydrogen) atoms. The summed E-state index contributed by atoms with van der Waals surface area (Å²) in [5, 5.41) is 14.5. The third-order valence-electron chi connectivity index (χ3n) is 2.40. The van der Waals surface area contributed by atoms with Crippen molar-refractivity contribution < 1.29 is 9.90 Å². The lowest BCUT2D eigenvalue weighted by atomic mass is 10.2. The summed E-state index contributed by atoms with van der Waals surface area (Å²) >= 11 is 0. The zero-order valence-corrected chi connectivity index (χ0v) is 10.2. The van der Waals surface area contributed by atoms with Crippen LogP contribution in [0.3, 0.4) is 0 Å². The van der Waals surface area contributed by atoms with E-state index in [0.717, 1.165) is 24.2 Å². The zero-order valence-electron chi connectivity index (χ0n) is 10.2. The number of unbranched alkanes of at least 4 members (excludes halogenated alkanes) is 1. The molecule has 1 aromatic rings. The Kier molecular flexibility index (Phi) is 6.29. The summed E-state index contributed by atoms with van der Waals surface area (Å²) in [6, 6.07) is 7.78. The minimum atomic E-state index is 0.0000534. The van der Waals surface area contributed by atoms with Crippen molar-refractivity contribution in [2.75, 3.05) is 19.0 Å². The van der Waals surface area contributed by atoms with Crippen LogP contribution in [-0.4, -0.2) is 24.7 Å². The molecule has 0 aliphatic heterocycles. The molecular formula is C13H20N2O2. The molecule has 0 aliphatic carbocycles. The van der Waals surface area contributed by atoms with Crippen LogP contribution in [0.15, 0.2) is 24.3 Å². The summed E-state index contributed by atoms with van der Waals surface area (Å²) in [5.74, 6) is 0.0000534. The van der Waals surface area contributed by atoms with Crippen LogP contribution >= 0.6 is 0 Å². The molecule has 0 heterocycles. The van der Waals surface area contributed by atoms with Crippen molar-refractivity contribution in [3.63, 3.8) is 0 Å². The van der Waals surface area contributed by atoms with E-state index in [4.69, 9.17) is 5.11 Å². The summed E-state index contributed by atoms with van der Waals surface area (Å²) in [5.41, 5.74) is 1.97. The van der Waals surface area contributed by atoms with E-state index in [9.17, 15) is 4.79 Å². The summed E-state index contributed by atoms with van der Waals surface area (Å²) in [6.07, 6.45) is 1.85. The number of amides is 1. The smallest absolute Gasteiger partial charge is 0.224 e. The van der Waals surface area contributed by atoms with Gasteiger partial charge in [-0.15, -0.1) is 0 Å². The average molecular weight is 236 g/mol. The first-order chi connectivity index (χ1) is 8.26. The summed E-state index contributed by atoms with van der Waals surface area (Å²) in [6.45, 7) is 0.930. The average Bonchev–Trinajstić information content (AvgIpc) is 2.30. The maximum absolute atomic E-state index is 11.5. The monoisotopic (exact) mass is 236 g/mol. The van der Waals surface area contributed by atoms with Crippen LogP contribution < -0.4 is 10.6 Å². The highest BCUT2D eigenvalue weighted by atomic mass is 16.2. The highest BCUT2D eigenvalue weighted by molar-refractivity contribution is 5.90. The highest BCUT2D eigenvalue weighted by Crippen LogP contribution is 2.11. The van der Waals surface area contributed by atoms with Gasteiger partial charge in [-0.05, 0) is 37.6 Å². The second-order valence-corrected chi connectivity index (χ2v) is 3.96. The van der Waals surface area contributed by atoms with Gasteiger partial charge in [-0.2, -0.15) is 0 Å². The number of carbonyl (C=O) groups is 1. The lowest BCUT2D eigenvalue weighted by Gasteiger charge is -2.07. The Morgan fingerprint density at radius 1 is 1.35 bits per heavy atom. The Labute approximate surface area is 102 Å². The van der Waals surface area contributed by atoms with Crippen LogP contribution in [0.2, 0.25) is 0 Å². The molecular weight excluding hydrogens is 216 g/mol. The van der Waals surface area contributed by atoms with Gasteiger partial charge in [0, 0.05) is 25.3 Å². The van der Waals surface area contributed by atoms with Gasteiger partial charge in [-0.1, -0.05) is 12.1 Å². The van der Waals surface area contributed by atoms with Crippen molar-refractivity contribution in [1.29, 1.82) is 0 Å².